The third kappa shape index (κ3) is 5.80. The maximum absolute atomic E-state index is 14.3. The van der Waals surface area contributed by atoms with Crippen LogP contribution in [-0.2, 0) is 6.42 Å². The van der Waals surface area contributed by atoms with Crippen molar-refractivity contribution in [2.45, 2.75) is 32.7 Å². The van der Waals surface area contributed by atoms with Crippen LogP contribution in [0.25, 0.3) is 0 Å². The summed E-state index contributed by atoms with van der Waals surface area (Å²) >= 11 is 6.47. The Hall–Kier alpha value is -3.43. The van der Waals surface area contributed by atoms with E-state index in [2.05, 4.69) is 20.6 Å². The predicted molar refractivity (Wildman–Crippen MR) is 133 cm³/mol. The molecule has 0 bridgehead atoms. The van der Waals surface area contributed by atoms with E-state index in [1.54, 1.807) is 18.2 Å². The van der Waals surface area contributed by atoms with E-state index in [9.17, 15) is 14.3 Å². The number of aromatic nitrogens is 2. The average Bonchev–Trinajstić information content (AvgIpc) is 3.20. The molecule has 0 aliphatic carbocycles. The van der Waals surface area contributed by atoms with Gasteiger partial charge in [-0.25, -0.2) is 14.4 Å². The van der Waals surface area contributed by atoms with Gasteiger partial charge in [-0.15, -0.1) is 0 Å². The molecule has 10 heteroatoms. The number of carbonyl (C=O) groups is 1. The van der Waals surface area contributed by atoms with E-state index < -0.39 is 17.3 Å². The minimum atomic E-state index is -0.641. The van der Waals surface area contributed by atoms with Gasteiger partial charge in [0.25, 0.3) is 5.91 Å². The molecule has 3 aromatic rings. The van der Waals surface area contributed by atoms with Gasteiger partial charge in [0.05, 0.1) is 22.9 Å². The van der Waals surface area contributed by atoms with E-state index in [0.29, 0.717) is 28.8 Å². The number of carbonyl (C=O) groups excluding carboxylic acids is 1. The van der Waals surface area contributed by atoms with Gasteiger partial charge in [-0.05, 0) is 57.2 Å². The summed E-state index contributed by atoms with van der Waals surface area (Å²) < 4.78 is 20.1. The van der Waals surface area contributed by atoms with Crippen molar-refractivity contribution >= 4 is 34.7 Å². The second-order valence-electron chi connectivity index (χ2n) is 9.20. The van der Waals surface area contributed by atoms with Crippen molar-refractivity contribution in [1.82, 2.24) is 15.3 Å². The number of aliphatic hydroxyl groups is 1. The zero-order valence-electron chi connectivity index (χ0n) is 19.7. The van der Waals surface area contributed by atoms with Crippen LogP contribution in [0, 0.1) is 5.82 Å². The first-order valence-electron chi connectivity index (χ1n) is 11.2. The standard InChI is InChI=1S/C25H27ClFN5O3/c1-25(2,3)31-24(34)17-13-16(5-6-19(17)27)35-21-7-4-15(12-18(21)26)30-23-22-20(28-14-29-23)8-9-32(22)10-11-33/h4-7,12-14,33H,8-11H2,1-3H3,(H,31,34)(H,28,29,30). The van der Waals surface area contributed by atoms with E-state index in [-0.39, 0.29) is 17.9 Å². The molecule has 1 amide bonds. The molecule has 1 aliphatic rings. The van der Waals surface area contributed by atoms with Crippen LogP contribution in [0.1, 0.15) is 36.8 Å². The lowest BCUT2D eigenvalue weighted by molar-refractivity contribution is 0.0915. The molecule has 0 atom stereocenters. The Kier molecular flexibility index (Phi) is 7.09. The van der Waals surface area contributed by atoms with Gasteiger partial charge < -0.3 is 25.4 Å². The SMILES string of the molecule is CC(C)(C)NC(=O)c1cc(Oc2ccc(Nc3ncnc4c3N(CCO)CC4)cc2Cl)ccc1F. The van der Waals surface area contributed by atoms with Crippen molar-refractivity contribution in [2.75, 3.05) is 29.9 Å². The van der Waals surface area contributed by atoms with Crippen molar-refractivity contribution in [3.8, 4) is 11.5 Å². The number of aliphatic hydroxyl groups excluding tert-OH is 1. The first-order valence-corrected chi connectivity index (χ1v) is 11.6. The average molecular weight is 500 g/mol. The highest BCUT2D eigenvalue weighted by atomic mass is 35.5. The molecule has 0 saturated heterocycles. The van der Waals surface area contributed by atoms with Gasteiger partial charge in [-0.2, -0.15) is 0 Å². The van der Waals surface area contributed by atoms with Crippen LogP contribution >= 0.6 is 11.6 Å². The molecular formula is C25H27ClFN5O3. The Morgan fingerprint density at radius 3 is 2.74 bits per heavy atom. The largest absolute Gasteiger partial charge is 0.456 e. The summed E-state index contributed by atoms with van der Waals surface area (Å²) in [5.74, 6) is 0.0805. The van der Waals surface area contributed by atoms with Gasteiger partial charge in [0.2, 0.25) is 0 Å². The van der Waals surface area contributed by atoms with E-state index in [1.165, 1.54) is 24.5 Å². The number of amides is 1. The fourth-order valence-corrected chi connectivity index (χ4v) is 4.01. The van der Waals surface area contributed by atoms with Crippen LogP contribution in [0.3, 0.4) is 0 Å². The van der Waals surface area contributed by atoms with Crippen LogP contribution in [0.15, 0.2) is 42.7 Å². The number of rotatable bonds is 7. The second-order valence-corrected chi connectivity index (χ2v) is 9.60. The molecule has 0 spiro atoms. The van der Waals surface area contributed by atoms with Crippen molar-refractivity contribution < 1.29 is 19.0 Å². The number of fused-ring (bicyclic) bond motifs is 1. The van der Waals surface area contributed by atoms with Crippen molar-refractivity contribution in [1.29, 1.82) is 0 Å². The Morgan fingerprint density at radius 1 is 1.23 bits per heavy atom. The van der Waals surface area contributed by atoms with Crippen LogP contribution in [0.4, 0.5) is 21.6 Å². The maximum atomic E-state index is 14.3. The van der Waals surface area contributed by atoms with Crippen molar-refractivity contribution in [3.63, 3.8) is 0 Å². The second kappa shape index (κ2) is 10.1. The Labute approximate surface area is 208 Å². The number of halogens is 2. The highest BCUT2D eigenvalue weighted by Gasteiger charge is 2.24. The van der Waals surface area contributed by atoms with Gasteiger partial charge in [-0.1, -0.05) is 11.6 Å². The molecule has 2 heterocycles. The lowest BCUT2D eigenvalue weighted by Crippen LogP contribution is -2.40. The summed E-state index contributed by atoms with van der Waals surface area (Å²) in [7, 11) is 0. The summed E-state index contributed by atoms with van der Waals surface area (Å²) in [5.41, 5.74) is 1.85. The molecule has 0 saturated carbocycles. The van der Waals surface area contributed by atoms with E-state index in [4.69, 9.17) is 16.3 Å². The fraction of sp³-hybridized carbons (Fsp3) is 0.320. The van der Waals surface area contributed by atoms with Crippen molar-refractivity contribution in [2.24, 2.45) is 0 Å². The molecule has 4 rings (SSSR count). The molecule has 0 radical (unpaired) electrons. The molecule has 35 heavy (non-hydrogen) atoms. The number of benzene rings is 2. The van der Waals surface area contributed by atoms with Gasteiger partial charge in [0.15, 0.2) is 5.82 Å². The molecule has 8 nitrogen and oxygen atoms in total. The monoisotopic (exact) mass is 499 g/mol. The van der Waals surface area contributed by atoms with Gasteiger partial charge in [-0.3, -0.25) is 4.79 Å². The number of β-amino-alcohol motifs (C(OH)–C–C–N with tert-alkyl or cyclic N) is 1. The normalized spacial score (nSPS) is 12.9. The van der Waals surface area contributed by atoms with E-state index in [0.717, 1.165) is 24.3 Å². The Bertz CT molecular complexity index is 1250. The molecule has 2 aromatic carbocycles. The van der Waals surface area contributed by atoms with Crippen molar-refractivity contribution in [3.05, 3.63) is 64.8 Å². The number of hydrogen-bond donors (Lipinski definition) is 3. The number of ether oxygens (including phenoxy) is 1. The molecule has 0 unspecified atom stereocenters. The third-order valence-electron chi connectivity index (χ3n) is 5.30. The number of nitrogens with one attached hydrogen (secondary N) is 2. The first kappa shape index (κ1) is 24.7. The van der Waals surface area contributed by atoms with Crippen LogP contribution < -0.4 is 20.3 Å². The minimum Gasteiger partial charge on any atom is -0.456 e. The number of hydrogen-bond acceptors (Lipinski definition) is 7. The number of anilines is 3. The smallest absolute Gasteiger partial charge is 0.254 e. The highest BCUT2D eigenvalue weighted by Crippen LogP contribution is 2.36. The van der Waals surface area contributed by atoms with E-state index in [1.807, 2.05) is 25.7 Å². The fourth-order valence-electron chi connectivity index (χ4n) is 3.79. The first-order chi connectivity index (χ1) is 16.6. The molecule has 1 aromatic heterocycles. The maximum Gasteiger partial charge on any atom is 0.254 e. The van der Waals surface area contributed by atoms with Crippen LogP contribution in [0.2, 0.25) is 5.02 Å². The molecular weight excluding hydrogens is 473 g/mol. The molecule has 184 valence electrons. The van der Waals surface area contributed by atoms with Gasteiger partial charge in [0.1, 0.15) is 29.3 Å². The zero-order valence-corrected chi connectivity index (χ0v) is 20.5. The third-order valence-corrected chi connectivity index (χ3v) is 5.59. The predicted octanol–water partition coefficient (Wildman–Crippen LogP) is 4.69. The summed E-state index contributed by atoms with van der Waals surface area (Å²) in [4.78, 5) is 23.2. The van der Waals surface area contributed by atoms with Crippen LogP contribution in [-0.4, -0.2) is 46.2 Å². The highest BCUT2D eigenvalue weighted by molar-refractivity contribution is 6.32. The lowest BCUT2D eigenvalue weighted by Gasteiger charge is -2.21. The minimum absolute atomic E-state index is 0.0363. The summed E-state index contributed by atoms with van der Waals surface area (Å²) in [5, 5.41) is 15.7. The summed E-state index contributed by atoms with van der Waals surface area (Å²) in [6, 6.07) is 9.11. The quantitative estimate of drug-likeness (QED) is 0.433. The summed E-state index contributed by atoms with van der Waals surface area (Å²) in [6.45, 7) is 6.75. The molecule has 0 fully saturated rings. The van der Waals surface area contributed by atoms with Gasteiger partial charge >= 0.3 is 0 Å². The summed E-state index contributed by atoms with van der Waals surface area (Å²) in [6.07, 6.45) is 2.29. The molecule has 1 aliphatic heterocycles. The zero-order chi connectivity index (χ0) is 25.2. The number of nitrogens with zero attached hydrogens (tertiary/aromatic N) is 3. The van der Waals surface area contributed by atoms with Gasteiger partial charge in [0, 0.05) is 30.7 Å². The lowest BCUT2D eigenvalue weighted by atomic mass is 10.1. The molecule has 3 N–H and O–H groups in total. The topological polar surface area (TPSA) is 99.6 Å². The van der Waals surface area contributed by atoms with Crippen LogP contribution in [0.5, 0.6) is 11.5 Å². The van der Waals surface area contributed by atoms with E-state index >= 15 is 0 Å². The Morgan fingerprint density at radius 2 is 2.03 bits per heavy atom. The Balaban J connectivity index is 1.52.